The lowest BCUT2D eigenvalue weighted by atomic mass is 10.0. The molecule has 0 bridgehead atoms. The molecule has 0 radical (unpaired) electrons. The lowest BCUT2D eigenvalue weighted by molar-refractivity contribution is 0.0542. The monoisotopic (exact) mass is 309 g/mol. The van der Waals surface area contributed by atoms with E-state index in [0.717, 1.165) is 47.6 Å². The molecule has 0 spiro atoms. The van der Waals surface area contributed by atoms with Crippen molar-refractivity contribution in [1.29, 1.82) is 0 Å². The number of hydrogen-bond acceptors (Lipinski definition) is 3. The Morgan fingerprint density at radius 1 is 1.24 bits per heavy atom. The van der Waals surface area contributed by atoms with Crippen LogP contribution in [0.5, 0.6) is 0 Å². The molecule has 1 aromatic carbocycles. The maximum atomic E-state index is 6.05. The molecule has 0 saturated heterocycles. The summed E-state index contributed by atoms with van der Waals surface area (Å²) in [5.41, 5.74) is 0.865. The Bertz CT molecular complexity index is 567. The van der Waals surface area contributed by atoms with Crippen LogP contribution in [0.25, 0.3) is 11.0 Å². The molecule has 0 saturated carbocycles. The lowest BCUT2D eigenvalue weighted by Gasteiger charge is -2.25. The van der Waals surface area contributed by atoms with Gasteiger partial charge in [-0.25, -0.2) is 0 Å². The van der Waals surface area contributed by atoms with Gasteiger partial charge in [0.25, 0.3) is 0 Å². The number of halogens is 1. The molecule has 2 rings (SSSR count). The van der Waals surface area contributed by atoms with Crippen molar-refractivity contribution in [2.45, 2.75) is 45.3 Å². The van der Waals surface area contributed by atoms with Gasteiger partial charge in [-0.05, 0) is 43.7 Å². The maximum Gasteiger partial charge on any atom is 0.134 e. The van der Waals surface area contributed by atoms with Crippen LogP contribution in [0, 0.1) is 0 Å². The van der Waals surface area contributed by atoms with Crippen molar-refractivity contribution >= 4 is 22.6 Å². The second kappa shape index (κ2) is 7.83. The molecule has 1 heterocycles. The zero-order valence-corrected chi connectivity index (χ0v) is 13.7. The summed E-state index contributed by atoms with van der Waals surface area (Å²) in [6.07, 6.45) is 3.26. The zero-order chi connectivity index (χ0) is 15.2. The zero-order valence-electron chi connectivity index (χ0n) is 13.0. The number of rotatable bonds is 8. The van der Waals surface area contributed by atoms with Crippen molar-refractivity contribution in [3.63, 3.8) is 0 Å². The minimum atomic E-state index is 0.0704. The van der Waals surface area contributed by atoms with Gasteiger partial charge >= 0.3 is 0 Å². The van der Waals surface area contributed by atoms with Gasteiger partial charge in [0, 0.05) is 17.5 Å². The van der Waals surface area contributed by atoms with Crippen LogP contribution in [0.3, 0.4) is 0 Å². The van der Waals surface area contributed by atoms with Crippen LogP contribution >= 0.6 is 11.6 Å². The van der Waals surface area contributed by atoms with Gasteiger partial charge in [0.2, 0.25) is 0 Å². The molecule has 1 N–H and O–H groups in total. The van der Waals surface area contributed by atoms with Crippen molar-refractivity contribution in [2.24, 2.45) is 0 Å². The van der Waals surface area contributed by atoms with E-state index in [0.29, 0.717) is 0 Å². The van der Waals surface area contributed by atoms with Crippen molar-refractivity contribution in [2.75, 3.05) is 13.7 Å². The summed E-state index contributed by atoms with van der Waals surface area (Å²) in [4.78, 5) is 0. The van der Waals surface area contributed by atoms with Gasteiger partial charge in [0.1, 0.15) is 11.3 Å². The largest absolute Gasteiger partial charge is 0.459 e. The molecule has 2 unspecified atom stereocenters. The van der Waals surface area contributed by atoms with E-state index < -0.39 is 0 Å². The summed E-state index contributed by atoms with van der Waals surface area (Å²) in [6, 6.07) is 7.84. The van der Waals surface area contributed by atoms with Crippen LogP contribution < -0.4 is 5.32 Å². The molecular formula is C17H24ClNO2. The number of ether oxygens (including phenoxy) is 1. The standard InChI is InChI=1S/C17H24ClNO2/c1-4-6-15(20-3)17(19-9-5-2)16-11-12-10-13(18)7-8-14(12)21-16/h7-8,10-11,15,17,19H,4-6,9H2,1-3H3. The molecule has 21 heavy (non-hydrogen) atoms. The summed E-state index contributed by atoms with van der Waals surface area (Å²) in [5, 5.41) is 5.31. The molecule has 2 aromatic rings. The summed E-state index contributed by atoms with van der Waals surface area (Å²) in [6.45, 7) is 5.26. The SMILES string of the molecule is CCCNC(c1cc2cc(Cl)ccc2o1)C(CCC)OC. The fourth-order valence-corrected chi connectivity index (χ4v) is 2.79. The Morgan fingerprint density at radius 3 is 2.71 bits per heavy atom. The second-order valence-corrected chi connectivity index (χ2v) is 5.76. The predicted molar refractivity (Wildman–Crippen MR) is 88.0 cm³/mol. The molecule has 0 amide bonds. The normalized spacial score (nSPS) is 14.5. The third-order valence-corrected chi connectivity index (χ3v) is 3.90. The highest BCUT2D eigenvalue weighted by molar-refractivity contribution is 6.31. The van der Waals surface area contributed by atoms with E-state index in [1.165, 1.54) is 0 Å². The number of methoxy groups -OCH3 is 1. The topological polar surface area (TPSA) is 34.4 Å². The Morgan fingerprint density at radius 2 is 2.05 bits per heavy atom. The molecule has 116 valence electrons. The first-order valence-electron chi connectivity index (χ1n) is 7.64. The second-order valence-electron chi connectivity index (χ2n) is 5.33. The van der Waals surface area contributed by atoms with Crippen LogP contribution in [0.2, 0.25) is 5.02 Å². The van der Waals surface area contributed by atoms with Gasteiger partial charge in [-0.1, -0.05) is 31.9 Å². The minimum absolute atomic E-state index is 0.0704. The van der Waals surface area contributed by atoms with E-state index in [1.54, 1.807) is 7.11 Å². The smallest absolute Gasteiger partial charge is 0.134 e. The highest BCUT2D eigenvalue weighted by Crippen LogP contribution is 2.30. The third kappa shape index (κ3) is 4.00. The fourth-order valence-electron chi connectivity index (χ4n) is 2.61. The quantitative estimate of drug-likeness (QED) is 0.750. The van der Waals surface area contributed by atoms with Crippen LogP contribution in [-0.2, 0) is 4.74 Å². The third-order valence-electron chi connectivity index (χ3n) is 3.67. The van der Waals surface area contributed by atoms with Crippen molar-refractivity contribution in [1.82, 2.24) is 5.32 Å². The van der Waals surface area contributed by atoms with E-state index in [9.17, 15) is 0 Å². The van der Waals surface area contributed by atoms with E-state index in [-0.39, 0.29) is 12.1 Å². The van der Waals surface area contributed by atoms with Gasteiger partial charge in [-0.2, -0.15) is 0 Å². The number of fused-ring (bicyclic) bond motifs is 1. The summed E-state index contributed by atoms with van der Waals surface area (Å²) in [7, 11) is 1.76. The highest BCUT2D eigenvalue weighted by atomic mass is 35.5. The molecule has 4 heteroatoms. The average Bonchev–Trinajstić information content (AvgIpc) is 2.89. The Labute approximate surface area is 131 Å². The van der Waals surface area contributed by atoms with Crippen LogP contribution in [0.4, 0.5) is 0 Å². The van der Waals surface area contributed by atoms with Crippen molar-refractivity contribution < 1.29 is 9.15 Å². The van der Waals surface area contributed by atoms with Gasteiger partial charge < -0.3 is 14.5 Å². The predicted octanol–water partition coefficient (Wildman–Crippen LogP) is 4.94. The summed E-state index contributed by atoms with van der Waals surface area (Å²) in [5.74, 6) is 0.918. The molecule has 0 aliphatic carbocycles. The van der Waals surface area contributed by atoms with E-state index >= 15 is 0 Å². The Kier molecular flexibility index (Phi) is 6.09. The Balaban J connectivity index is 2.32. The highest BCUT2D eigenvalue weighted by Gasteiger charge is 2.25. The van der Waals surface area contributed by atoms with Gasteiger partial charge in [0.05, 0.1) is 12.1 Å². The van der Waals surface area contributed by atoms with Crippen LogP contribution in [0.1, 0.15) is 44.9 Å². The molecule has 2 atom stereocenters. The first kappa shape index (κ1) is 16.3. The van der Waals surface area contributed by atoms with E-state index in [2.05, 4.69) is 25.2 Å². The number of hydrogen-bond donors (Lipinski definition) is 1. The first-order chi connectivity index (χ1) is 10.2. The molecule has 0 aliphatic heterocycles. The van der Waals surface area contributed by atoms with Gasteiger partial charge in [0.15, 0.2) is 0 Å². The minimum Gasteiger partial charge on any atom is -0.459 e. The Hall–Kier alpha value is -1.03. The maximum absolute atomic E-state index is 6.05. The summed E-state index contributed by atoms with van der Waals surface area (Å²) >= 11 is 6.05. The number of benzene rings is 1. The molecule has 0 fully saturated rings. The van der Waals surface area contributed by atoms with E-state index in [1.807, 2.05) is 18.2 Å². The molecule has 1 aromatic heterocycles. The molecule has 0 aliphatic rings. The van der Waals surface area contributed by atoms with Crippen molar-refractivity contribution in [3.8, 4) is 0 Å². The van der Waals surface area contributed by atoms with Crippen molar-refractivity contribution in [3.05, 3.63) is 35.0 Å². The van der Waals surface area contributed by atoms with Gasteiger partial charge in [-0.15, -0.1) is 0 Å². The molecule has 3 nitrogen and oxygen atoms in total. The van der Waals surface area contributed by atoms with Gasteiger partial charge in [-0.3, -0.25) is 0 Å². The fraction of sp³-hybridized carbons (Fsp3) is 0.529. The van der Waals surface area contributed by atoms with Crippen LogP contribution in [0.15, 0.2) is 28.7 Å². The first-order valence-corrected chi connectivity index (χ1v) is 8.02. The number of nitrogens with one attached hydrogen (secondary N) is 1. The van der Waals surface area contributed by atoms with E-state index in [4.69, 9.17) is 20.8 Å². The summed E-state index contributed by atoms with van der Waals surface area (Å²) < 4.78 is 11.7. The average molecular weight is 310 g/mol. The lowest BCUT2D eigenvalue weighted by Crippen LogP contribution is -2.33. The van der Waals surface area contributed by atoms with Crippen LogP contribution in [-0.4, -0.2) is 19.8 Å². The molecular weight excluding hydrogens is 286 g/mol. The number of furan rings is 1.